The number of carbonyl (C=O) groups is 1. The van der Waals surface area contributed by atoms with Gasteiger partial charge in [-0.3, -0.25) is 4.79 Å². The summed E-state index contributed by atoms with van der Waals surface area (Å²) in [6, 6.07) is 17.1. The molecular formula is C20H17N3O2S. The molecule has 4 rings (SSSR count). The molecule has 6 heteroatoms. The minimum atomic E-state index is -0.0923. The second-order valence-corrected chi connectivity index (χ2v) is 6.71. The molecule has 0 N–H and O–H groups in total. The van der Waals surface area contributed by atoms with Gasteiger partial charge >= 0.3 is 0 Å². The van der Waals surface area contributed by atoms with Gasteiger partial charge in [0.25, 0.3) is 5.91 Å². The van der Waals surface area contributed by atoms with Gasteiger partial charge in [0, 0.05) is 19.7 Å². The maximum atomic E-state index is 13.1. The highest BCUT2D eigenvalue weighted by atomic mass is 32.1. The van der Waals surface area contributed by atoms with Gasteiger partial charge in [-0.05, 0) is 46.7 Å². The normalized spacial score (nSPS) is 10.8. The molecule has 1 aromatic carbocycles. The Morgan fingerprint density at radius 1 is 1.19 bits per heavy atom. The van der Waals surface area contributed by atoms with E-state index in [0.29, 0.717) is 23.7 Å². The van der Waals surface area contributed by atoms with Crippen molar-refractivity contribution in [3.05, 3.63) is 82.9 Å². The molecule has 4 aromatic rings. The monoisotopic (exact) mass is 363 g/mol. The Balaban J connectivity index is 1.72. The predicted octanol–water partition coefficient (Wildman–Crippen LogP) is 4.47. The molecule has 3 heterocycles. The van der Waals surface area contributed by atoms with Crippen molar-refractivity contribution < 1.29 is 9.21 Å². The van der Waals surface area contributed by atoms with E-state index < -0.39 is 0 Å². The summed E-state index contributed by atoms with van der Waals surface area (Å²) in [7, 11) is 1.80. The number of nitrogens with zero attached hydrogens (tertiary/aromatic N) is 3. The molecular weight excluding hydrogens is 346 g/mol. The zero-order valence-corrected chi connectivity index (χ0v) is 15.0. The van der Waals surface area contributed by atoms with Crippen LogP contribution in [0.3, 0.4) is 0 Å². The highest BCUT2D eigenvalue weighted by molar-refractivity contribution is 7.07. The van der Waals surface area contributed by atoms with Crippen LogP contribution in [0, 0.1) is 0 Å². The number of thiophene rings is 1. The third-order valence-corrected chi connectivity index (χ3v) is 4.78. The van der Waals surface area contributed by atoms with Crippen molar-refractivity contribution >= 4 is 17.2 Å². The average Bonchev–Trinajstić information content (AvgIpc) is 3.42. The number of hydrogen-bond donors (Lipinski definition) is 0. The summed E-state index contributed by atoms with van der Waals surface area (Å²) in [4.78, 5) is 14.8. The van der Waals surface area contributed by atoms with Crippen LogP contribution in [-0.4, -0.2) is 27.6 Å². The fraction of sp³-hybridized carbons (Fsp3) is 0.100. The largest absolute Gasteiger partial charge is 0.463 e. The third-order valence-electron chi connectivity index (χ3n) is 4.05. The van der Waals surface area contributed by atoms with E-state index in [1.54, 1.807) is 46.4 Å². The van der Waals surface area contributed by atoms with Gasteiger partial charge in [0.1, 0.15) is 11.4 Å². The summed E-state index contributed by atoms with van der Waals surface area (Å²) in [6.45, 7) is 0.554. The van der Waals surface area contributed by atoms with Crippen molar-refractivity contribution in [2.45, 2.75) is 6.54 Å². The number of carbonyl (C=O) groups excluding carboxylic acids is 1. The van der Waals surface area contributed by atoms with Crippen LogP contribution in [-0.2, 0) is 6.54 Å². The van der Waals surface area contributed by atoms with E-state index in [1.165, 1.54) is 0 Å². The minimum Gasteiger partial charge on any atom is -0.463 e. The fourth-order valence-electron chi connectivity index (χ4n) is 2.77. The van der Waals surface area contributed by atoms with Crippen LogP contribution in [0.25, 0.3) is 17.1 Å². The number of para-hydroxylation sites is 1. The Kier molecular flexibility index (Phi) is 4.41. The highest BCUT2D eigenvalue weighted by Crippen LogP contribution is 2.23. The Bertz CT molecular complexity index is 989. The second kappa shape index (κ2) is 7.01. The quantitative estimate of drug-likeness (QED) is 0.526. The van der Waals surface area contributed by atoms with Crippen molar-refractivity contribution in [1.82, 2.24) is 14.7 Å². The van der Waals surface area contributed by atoms with E-state index in [1.807, 2.05) is 53.2 Å². The Labute approximate surface area is 155 Å². The SMILES string of the molecule is CN(Cc1ccsc1)C(=O)c1cc(-c2ccco2)nn1-c1ccccc1. The molecule has 0 saturated heterocycles. The molecule has 0 fully saturated rings. The number of aromatic nitrogens is 2. The van der Waals surface area contributed by atoms with Crippen molar-refractivity contribution in [3.63, 3.8) is 0 Å². The molecule has 0 radical (unpaired) electrons. The molecule has 0 spiro atoms. The smallest absolute Gasteiger partial charge is 0.272 e. The maximum absolute atomic E-state index is 13.1. The molecule has 3 aromatic heterocycles. The predicted molar refractivity (Wildman–Crippen MR) is 101 cm³/mol. The summed E-state index contributed by atoms with van der Waals surface area (Å²) < 4.78 is 7.12. The van der Waals surface area contributed by atoms with E-state index in [-0.39, 0.29) is 5.91 Å². The van der Waals surface area contributed by atoms with E-state index in [4.69, 9.17) is 4.42 Å². The Morgan fingerprint density at radius 2 is 2.04 bits per heavy atom. The van der Waals surface area contributed by atoms with Crippen LogP contribution in [0.1, 0.15) is 16.1 Å². The number of benzene rings is 1. The van der Waals surface area contributed by atoms with E-state index in [2.05, 4.69) is 5.10 Å². The van der Waals surface area contributed by atoms with Crippen LogP contribution in [0.15, 0.2) is 76.0 Å². The van der Waals surface area contributed by atoms with Crippen LogP contribution < -0.4 is 0 Å². The van der Waals surface area contributed by atoms with Crippen LogP contribution >= 0.6 is 11.3 Å². The number of furan rings is 1. The van der Waals surface area contributed by atoms with Crippen molar-refractivity contribution in [1.29, 1.82) is 0 Å². The Morgan fingerprint density at radius 3 is 2.73 bits per heavy atom. The van der Waals surface area contributed by atoms with Gasteiger partial charge in [-0.2, -0.15) is 16.4 Å². The highest BCUT2D eigenvalue weighted by Gasteiger charge is 2.21. The van der Waals surface area contributed by atoms with Crippen LogP contribution in [0.5, 0.6) is 0 Å². The van der Waals surface area contributed by atoms with Crippen molar-refractivity contribution in [2.75, 3.05) is 7.05 Å². The second-order valence-electron chi connectivity index (χ2n) is 5.93. The molecule has 26 heavy (non-hydrogen) atoms. The van der Waals surface area contributed by atoms with Gasteiger partial charge in [-0.25, -0.2) is 4.68 Å². The van der Waals surface area contributed by atoms with E-state index >= 15 is 0 Å². The molecule has 0 aliphatic rings. The first kappa shape index (κ1) is 16.4. The van der Waals surface area contributed by atoms with E-state index in [0.717, 1.165) is 11.3 Å². The van der Waals surface area contributed by atoms with Gasteiger partial charge in [0.15, 0.2) is 5.76 Å². The van der Waals surface area contributed by atoms with Crippen LogP contribution in [0.4, 0.5) is 0 Å². The fourth-order valence-corrected chi connectivity index (χ4v) is 3.43. The van der Waals surface area contributed by atoms with Gasteiger partial charge in [0.2, 0.25) is 0 Å². The van der Waals surface area contributed by atoms with Gasteiger partial charge < -0.3 is 9.32 Å². The molecule has 0 aliphatic carbocycles. The number of hydrogen-bond acceptors (Lipinski definition) is 4. The molecule has 0 saturated carbocycles. The molecule has 0 aliphatic heterocycles. The first-order valence-corrected chi connectivity index (χ1v) is 9.12. The summed E-state index contributed by atoms with van der Waals surface area (Å²) >= 11 is 1.62. The molecule has 1 amide bonds. The Hall–Kier alpha value is -3.12. The molecule has 0 unspecified atom stereocenters. The zero-order valence-electron chi connectivity index (χ0n) is 14.2. The van der Waals surface area contributed by atoms with Crippen molar-refractivity contribution in [3.8, 4) is 17.1 Å². The van der Waals surface area contributed by atoms with Gasteiger partial charge in [0.05, 0.1) is 12.0 Å². The first-order valence-electron chi connectivity index (χ1n) is 8.18. The lowest BCUT2D eigenvalue weighted by molar-refractivity contribution is 0.0776. The van der Waals surface area contributed by atoms with Gasteiger partial charge in [-0.1, -0.05) is 18.2 Å². The molecule has 0 atom stereocenters. The standard InChI is InChI=1S/C20H17N3O2S/c1-22(13-15-9-11-26-14-15)20(24)18-12-17(19-8-5-10-25-19)21-23(18)16-6-3-2-4-7-16/h2-12,14H,13H2,1H3. The first-order chi connectivity index (χ1) is 12.7. The number of rotatable bonds is 5. The van der Waals surface area contributed by atoms with Crippen LogP contribution in [0.2, 0.25) is 0 Å². The lowest BCUT2D eigenvalue weighted by atomic mass is 10.2. The molecule has 130 valence electrons. The van der Waals surface area contributed by atoms with Gasteiger partial charge in [-0.15, -0.1) is 0 Å². The van der Waals surface area contributed by atoms with Crippen molar-refractivity contribution in [2.24, 2.45) is 0 Å². The summed E-state index contributed by atoms with van der Waals surface area (Å²) in [5.74, 6) is 0.541. The lowest BCUT2D eigenvalue weighted by Gasteiger charge is -2.17. The lowest BCUT2D eigenvalue weighted by Crippen LogP contribution is -2.28. The zero-order chi connectivity index (χ0) is 17.9. The third kappa shape index (κ3) is 3.19. The minimum absolute atomic E-state index is 0.0923. The summed E-state index contributed by atoms with van der Waals surface area (Å²) in [5, 5.41) is 8.66. The molecule has 0 bridgehead atoms. The maximum Gasteiger partial charge on any atom is 0.272 e. The molecule has 5 nitrogen and oxygen atoms in total. The summed E-state index contributed by atoms with van der Waals surface area (Å²) in [6.07, 6.45) is 1.60. The summed E-state index contributed by atoms with van der Waals surface area (Å²) in [5.41, 5.74) is 3.08. The van der Waals surface area contributed by atoms with E-state index in [9.17, 15) is 4.79 Å². The average molecular weight is 363 g/mol. The number of amides is 1. The topological polar surface area (TPSA) is 51.3 Å².